The van der Waals surface area contributed by atoms with E-state index in [2.05, 4.69) is 10.2 Å². The number of piperazine rings is 1. The molecule has 6 heteroatoms. The van der Waals surface area contributed by atoms with Crippen LogP contribution in [0, 0.1) is 0 Å². The molecule has 0 aromatic heterocycles. The fourth-order valence-corrected chi connectivity index (χ4v) is 2.05. The van der Waals surface area contributed by atoms with Crippen LogP contribution in [-0.2, 0) is 4.79 Å². The van der Waals surface area contributed by atoms with Crippen molar-refractivity contribution in [3.8, 4) is 0 Å². The first-order valence-corrected chi connectivity index (χ1v) is 6.38. The van der Waals surface area contributed by atoms with E-state index in [4.69, 9.17) is 0 Å². The van der Waals surface area contributed by atoms with Gasteiger partial charge >= 0.3 is 12.0 Å². The van der Waals surface area contributed by atoms with Crippen LogP contribution in [0.15, 0.2) is 0 Å². The van der Waals surface area contributed by atoms with Crippen LogP contribution in [0.2, 0.25) is 0 Å². The first-order chi connectivity index (χ1) is 8.39. The second kappa shape index (κ2) is 6.04. The fourth-order valence-electron chi connectivity index (χ4n) is 2.05. The summed E-state index contributed by atoms with van der Waals surface area (Å²) in [6.45, 7) is 6.40. The summed E-state index contributed by atoms with van der Waals surface area (Å²) >= 11 is 0. The number of carbonyl (C=O) groups is 2. The average molecular weight is 257 g/mol. The minimum Gasteiger partial charge on any atom is -0.480 e. The number of hydrogen-bond acceptors (Lipinski definition) is 3. The maximum absolute atomic E-state index is 12.0. The van der Waals surface area contributed by atoms with Gasteiger partial charge in [0, 0.05) is 26.2 Å². The van der Waals surface area contributed by atoms with E-state index in [-0.39, 0.29) is 6.03 Å². The quantitative estimate of drug-likeness (QED) is 0.773. The first kappa shape index (κ1) is 14.8. The number of carboxylic acid groups (broad SMARTS) is 1. The van der Waals surface area contributed by atoms with Gasteiger partial charge in [-0.15, -0.1) is 0 Å². The van der Waals surface area contributed by atoms with Crippen LogP contribution in [0.1, 0.15) is 26.7 Å². The normalized spacial score (nSPS) is 20.3. The maximum atomic E-state index is 12.0. The molecule has 2 amide bonds. The Labute approximate surface area is 108 Å². The highest BCUT2D eigenvalue weighted by molar-refractivity contribution is 5.85. The maximum Gasteiger partial charge on any atom is 0.329 e. The van der Waals surface area contributed by atoms with Crippen LogP contribution in [0.3, 0.4) is 0 Å². The highest BCUT2D eigenvalue weighted by Gasteiger charge is 2.35. The highest BCUT2D eigenvalue weighted by atomic mass is 16.4. The van der Waals surface area contributed by atoms with E-state index < -0.39 is 11.5 Å². The summed E-state index contributed by atoms with van der Waals surface area (Å²) in [5.41, 5.74) is -1.17. The number of amides is 2. The number of aliphatic carboxylic acids is 1. The Morgan fingerprint density at radius 1 is 1.28 bits per heavy atom. The zero-order chi connectivity index (χ0) is 13.8. The van der Waals surface area contributed by atoms with Crippen LogP contribution in [-0.4, -0.2) is 65.7 Å². The number of carbonyl (C=O) groups excluding carboxylic acids is 1. The third-order valence-electron chi connectivity index (χ3n) is 3.40. The van der Waals surface area contributed by atoms with Crippen molar-refractivity contribution in [1.29, 1.82) is 0 Å². The van der Waals surface area contributed by atoms with Gasteiger partial charge in [0.25, 0.3) is 0 Å². The molecule has 1 aliphatic rings. The molecular formula is C12H23N3O3. The van der Waals surface area contributed by atoms with Gasteiger partial charge < -0.3 is 20.2 Å². The lowest BCUT2D eigenvalue weighted by atomic mass is 9.96. The van der Waals surface area contributed by atoms with Gasteiger partial charge in [0.1, 0.15) is 5.54 Å². The molecule has 18 heavy (non-hydrogen) atoms. The van der Waals surface area contributed by atoms with Crippen LogP contribution >= 0.6 is 0 Å². The van der Waals surface area contributed by atoms with Gasteiger partial charge in [-0.2, -0.15) is 0 Å². The van der Waals surface area contributed by atoms with Gasteiger partial charge in [-0.05, 0) is 20.4 Å². The Morgan fingerprint density at radius 3 is 2.28 bits per heavy atom. The summed E-state index contributed by atoms with van der Waals surface area (Å²) in [7, 11) is 2.01. The molecule has 1 atom stereocenters. The summed E-state index contributed by atoms with van der Waals surface area (Å²) in [5, 5.41) is 11.9. The third-order valence-corrected chi connectivity index (χ3v) is 3.40. The van der Waals surface area contributed by atoms with Gasteiger partial charge in [0.2, 0.25) is 0 Å². The number of rotatable bonds is 4. The molecule has 2 N–H and O–H groups in total. The molecule has 0 spiro atoms. The van der Waals surface area contributed by atoms with Gasteiger partial charge in [-0.1, -0.05) is 13.3 Å². The lowest BCUT2D eigenvalue weighted by molar-refractivity contribution is -0.144. The monoisotopic (exact) mass is 257 g/mol. The number of urea groups is 1. The van der Waals surface area contributed by atoms with E-state index in [1.807, 2.05) is 14.0 Å². The van der Waals surface area contributed by atoms with Crippen molar-refractivity contribution < 1.29 is 14.7 Å². The van der Waals surface area contributed by atoms with E-state index in [0.29, 0.717) is 25.9 Å². The minimum atomic E-state index is -1.17. The molecule has 1 fully saturated rings. The molecule has 0 bridgehead atoms. The number of nitrogens with one attached hydrogen (secondary N) is 1. The van der Waals surface area contributed by atoms with Gasteiger partial charge in [-0.3, -0.25) is 0 Å². The van der Waals surface area contributed by atoms with Crippen LogP contribution in [0.4, 0.5) is 4.79 Å². The van der Waals surface area contributed by atoms with Crippen molar-refractivity contribution in [3.63, 3.8) is 0 Å². The Morgan fingerprint density at radius 2 is 1.83 bits per heavy atom. The topological polar surface area (TPSA) is 72.9 Å². The predicted octanol–water partition coefficient (Wildman–Crippen LogP) is 0.587. The highest BCUT2D eigenvalue weighted by Crippen LogP contribution is 2.13. The number of nitrogens with zero attached hydrogens (tertiary/aromatic N) is 2. The molecule has 1 heterocycles. The van der Waals surface area contributed by atoms with Crippen molar-refractivity contribution in [2.24, 2.45) is 0 Å². The summed E-state index contributed by atoms with van der Waals surface area (Å²) in [6.07, 6.45) is 1.15. The number of carboxylic acids is 1. The Hall–Kier alpha value is -1.30. The number of hydrogen-bond donors (Lipinski definition) is 2. The average Bonchev–Trinajstić information content (AvgIpc) is 2.29. The van der Waals surface area contributed by atoms with Crippen molar-refractivity contribution in [1.82, 2.24) is 15.1 Å². The molecule has 0 aromatic rings. The number of likely N-dealkylation sites (N-methyl/N-ethyl adjacent to an activating group) is 1. The molecule has 0 aromatic carbocycles. The minimum absolute atomic E-state index is 0.276. The fraction of sp³-hybridized carbons (Fsp3) is 0.833. The summed E-state index contributed by atoms with van der Waals surface area (Å²) in [6, 6.07) is -0.276. The molecule has 0 saturated carbocycles. The van der Waals surface area contributed by atoms with Gasteiger partial charge in [-0.25, -0.2) is 9.59 Å². The molecule has 1 aliphatic heterocycles. The molecule has 104 valence electrons. The molecule has 0 radical (unpaired) electrons. The Bertz CT molecular complexity index is 314. The Kier molecular flexibility index (Phi) is 4.95. The van der Waals surface area contributed by atoms with E-state index >= 15 is 0 Å². The summed E-state index contributed by atoms with van der Waals surface area (Å²) < 4.78 is 0. The molecule has 1 unspecified atom stereocenters. The van der Waals surface area contributed by atoms with Crippen molar-refractivity contribution in [2.75, 3.05) is 33.2 Å². The standard InChI is InChI=1S/C12H23N3O3/c1-4-5-12(2,10(16)17)13-11(18)15-8-6-14(3)7-9-15/h4-9H2,1-3H3,(H,13,18)(H,16,17). The molecule has 6 nitrogen and oxygen atoms in total. The lowest BCUT2D eigenvalue weighted by Crippen LogP contribution is -2.58. The second-order valence-electron chi connectivity index (χ2n) is 5.11. The van der Waals surface area contributed by atoms with Crippen molar-refractivity contribution in [2.45, 2.75) is 32.2 Å². The van der Waals surface area contributed by atoms with E-state index in [9.17, 15) is 14.7 Å². The molecular weight excluding hydrogens is 234 g/mol. The van der Waals surface area contributed by atoms with Gasteiger partial charge in [0.05, 0.1) is 0 Å². The van der Waals surface area contributed by atoms with Crippen molar-refractivity contribution >= 4 is 12.0 Å². The zero-order valence-electron chi connectivity index (χ0n) is 11.4. The molecule has 1 rings (SSSR count). The predicted molar refractivity (Wildman–Crippen MR) is 68.6 cm³/mol. The smallest absolute Gasteiger partial charge is 0.329 e. The summed E-state index contributed by atoms with van der Waals surface area (Å²) in [4.78, 5) is 27.1. The van der Waals surface area contributed by atoms with Crippen LogP contribution < -0.4 is 5.32 Å². The van der Waals surface area contributed by atoms with Crippen LogP contribution in [0.25, 0.3) is 0 Å². The van der Waals surface area contributed by atoms with E-state index in [1.54, 1.807) is 11.8 Å². The Balaban J connectivity index is 2.59. The third kappa shape index (κ3) is 3.60. The lowest BCUT2D eigenvalue weighted by Gasteiger charge is -2.35. The SMILES string of the molecule is CCCC(C)(NC(=O)N1CCN(C)CC1)C(=O)O. The van der Waals surface area contributed by atoms with Crippen LogP contribution in [0.5, 0.6) is 0 Å². The first-order valence-electron chi connectivity index (χ1n) is 6.38. The van der Waals surface area contributed by atoms with Gasteiger partial charge in [0.15, 0.2) is 0 Å². The van der Waals surface area contributed by atoms with E-state index in [1.165, 1.54) is 0 Å². The summed E-state index contributed by atoms with van der Waals surface area (Å²) in [5.74, 6) is -0.980. The largest absolute Gasteiger partial charge is 0.480 e. The van der Waals surface area contributed by atoms with Crippen molar-refractivity contribution in [3.05, 3.63) is 0 Å². The second-order valence-corrected chi connectivity index (χ2v) is 5.11. The molecule has 1 saturated heterocycles. The zero-order valence-corrected chi connectivity index (χ0v) is 11.4. The van der Waals surface area contributed by atoms with E-state index in [0.717, 1.165) is 13.1 Å². The molecule has 0 aliphatic carbocycles.